The van der Waals surface area contributed by atoms with Gasteiger partial charge in [-0.2, -0.15) is 0 Å². The predicted molar refractivity (Wildman–Crippen MR) is 82.5 cm³/mol. The van der Waals surface area contributed by atoms with Crippen LogP contribution in [0.25, 0.3) is 0 Å². The lowest BCUT2D eigenvalue weighted by atomic mass is 9.68. The van der Waals surface area contributed by atoms with Crippen LogP contribution in [0.5, 0.6) is 5.75 Å². The third-order valence-electron chi connectivity index (χ3n) is 4.45. The first kappa shape index (κ1) is 15.6. The van der Waals surface area contributed by atoms with Crippen molar-refractivity contribution in [1.29, 1.82) is 0 Å². The summed E-state index contributed by atoms with van der Waals surface area (Å²) in [5.74, 6) is 0.699. The topological polar surface area (TPSA) is 44.5 Å². The zero-order valence-electron chi connectivity index (χ0n) is 12.4. The summed E-state index contributed by atoms with van der Waals surface area (Å²) in [6, 6.07) is 4.03. The van der Waals surface area contributed by atoms with Crippen LogP contribution in [0.4, 0.5) is 0 Å². The first-order valence-electron chi connectivity index (χ1n) is 7.23. The highest BCUT2D eigenvalue weighted by atomic mass is 35.5. The number of benzene rings is 1. The van der Waals surface area contributed by atoms with Crippen molar-refractivity contribution in [1.82, 2.24) is 0 Å². The molecule has 3 nitrogen and oxygen atoms in total. The van der Waals surface area contributed by atoms with Crippen molar-refractivity contribution in [3.63, 3.8) is 0 Å². The van der Waals surface area contributed by atoms with Gasteiger partial charge in [-0.3, -0.25) is 0 Å². The van der Waals surface area contributed by atoms with E-state index >= 15 is 0 Å². The van der Waals surface area contributed by atoms with Crippen molar-refractivity contribution in [3.8, 4) is 5.75 Å². The third kappa shape index (κ3) is 2.95. The molecule has 0 amide bonds. The fourth-order valence-electron chi connectivity index (χ4n) is 3.33. The summed E-state index contributed by atoms with van der Waals surface area (Å²) in [6.07, 6.45) is 6.01. The minimum absolute atomic E-state index is 0.0437. The standard InChI is InChI=1S/C16H24ClNO2/c1-19-10-12-8-15(20-2)14(17)9-13(12)16(11-18)6-4-3-5-7-16/h8-9H,3-7,10-11,18H2,1-2H3. The van der Waals surface area contributed by atoms with Gasteiger partial charge in [-0.1, -0.05) is 30.9 Å². The molecule has 0 aromatic heterocycles. The number of hydrogen-bond acceptors (Lipinski definition) is 3. The Kier molecular flexibility index (Phi) is 5.30. The molecule has 0 heterocycles. The molecule has 20 heavy (non-hydrogen) atoms. The van der Waals surface area contributed by atoms with Gasteiger partial charge in [-0.25, -0.2) is 0 Å². The van der Waals surface area contributed by atoms with Crippen LogP contribution in [0.15, 0.2) is 12.1 Å². The fourth-order valence-corrected chi connectivity index (χ4v) is 3.57. The van der Waals surface area contributed by atoms with Gasteiger partial charge in [0.2, 0.25) is 0 Å². The van der Waals surface area contributed by atoms with Crippen LogP contribution in [0, 0.1) is 0 Å². The van der Waals surface area contributed by atoms with Gasteiger partial charge in [0.05, 0.1) is 18.7 Å². The number of ether oxygens (including phenoxy) is 2. The van der Waals surface area contributed by atoms with Crippen molar-refractivity contribution in [2.75, 3.05) is 20.8 Å². The molecule has 0 aliphatic heterocycles. The van der Waals surface area contributed by atoms with Gasteiger partial charge in [-0.15, -0.1) is 0 Å². The molecule has 112 valence electrons. The molecular weight excluding hydrogens is 274 g/mol. The minimum atomic E-state index is 0.0437. The molecule has 0 spiro atoms. The van der Waals surface area contributed by atoms with Crippen LogP contribution in [0.1, 0.15) is 43.2 Å². The number of hydrogen-bond donors (Lipinski definition) is 1. The maximum absolute atomic E-state index is 6.33. The van der Waals surface area contributed by atoms with Gasteiger partial charge in [0.15, 0.2) is 0 Å². The molecule has 2 N–H and O–H groups in total. The molecule has 1 aromatic carbocycles. The van der Waals surface area contributed by atoms with Gasteiger partial charge in [0, 0.05) is 19.1 Å². The van der Waals surface area contributed by atoms with Crippen molar-refractivity contribution >= 4 is 11.6 Å². The van der Waals surface area contributed by atoms with E-state index in [2.05, 4.69) is 0 Å². The van der Waals surface area contributed by atoms with Crippen LogP contribution < -0.4 is 10.5 Å². The average Bonchev–Trinajstić information content (AvgIpc) is 2.49. The Balaban J connectivity index is 2.49. The molecule has 1 fully saturated rings. The van der Waals surface area contributed by atoms with Crippen molar-refractivity contribution in [2.45, 2.75) is 44.1 Å². The average molecular weight is 298 g/mol. The molecule has 1 aromatic rings. The monoisotopic (exact) mass is 297 g/mol. The van der Waals surface area contributed by atoms with E-state index in [1.165, 1.54) is 24.8 Å². The zero-order chi connectivity index (χ0) is 14.6. The maximum atomic E-state index is 6.33. The summed E-state index contributed by atoms with van der Waals surface area (Å²) < 4.78 is 10.7. The molecule has 4 heteroatoms. The molecule has 0 radical (unpaired) electrons. The third-order valence-corrected chi connectivity index (χ3v) is 4.75. The highest BCUT2D eigenvalue weighted by Crippen LogP contribution is 2.43. The Bertz CT molecular complexity index is 456. The van der Waals surface area contributed by atoms with Crippen LogP contribution >= 0.6 is 11.6 Å². The van der Waals surface area contributed by atoms with Gasteiger partial charge in [-0.05, 0) is 36.1 Å². The van der Waals surface area contributed by atoms with Crippen LogP contribution in [-0.2, 0) is 16.8 Å². The van der Waals surface area contributed by atoms with E-state index in [1.54, 1.807) is 14.2 Å². The summed E-state index contributed by atoms with van der Waals surface area (Å²) in [7, 11) is 3.34. The lowest BCUT2D eigenvalue weighted by Crippen LogP contribution is -2.38. The molecule has 0 saturated heterocycles. The highest BCUT2D eigenvalue weighted by molar-refractivity contribution is 6.32. The molecule has 0 bridgehead atoms. The normalized spacial score (nSPS) is 18.0. The number of methoxy groups -OCH3 is 2. The molecular formula is C16H24ClNO2. The quantitative estimate of drug-likeness (QED) is 0.902. The molecule has 0 unspecified atom stereocenters. The SMILES string of the molecule is COCc1cc(OC)c(Cl)cc1C1(CN)CCCCC1. The number of halogens is 1. The lowest BCUT2D eigenvalue weighted by molar-refractivity contribution is 0.180. The van der Waals surface area contributed by atoms with E-state index in [0.29, 0.717) is 23.9 Å². The Labute approximate surface area is 126 Å². The largest absolute Gasteiger partial charge is 0.495 e. The molecule has 1 aliphatic carbocycles. The van der Waals surface area contributed by atoms with E-state index in [0.717, 1.165) is 18.4 Å². The van der Waals surface area contributed by atoms with Crippen molar-refractivity contribution < 1.29 is 9.47 Å². The number of nitrogens with two attached hydrogens (primary N) is 1. The summed E-state index contributed by atoms with van der Waals surface area (Å²) in [6.45, 7) is 1.22. The van der Waals surface area contributed by atoms with Gasteiger partial charge in [0.25, 0.3) is 0 Å². The first-order valence-corrected chi connectivity index (χ1v) is 7.60. The Morgan fingerprint density at radius 2 is 1.90 bits per heavy atom. The first-order chi connectivity index (χ1) is 9.66. The van der Waals surface area contributed by atoms with Crippen molar-refractivity contribution in [2.24, 2.45) is 5.73 Å². The minimum Gasteiger partial charge on any atom is -0.495 e. The Hall–Kier alpha value is -0.770. The second-order valence-electron chi connectivity index (χ2n) is 5.62. The fraction of sp³-hybridized carbons (Fsp3) is 0.625. The van der Waals surface area contributed by atoms with E-state index < -0.39 is 0 Å². The Morgan fingerprint density at radius 3 is 2.45 bits per heavy atom. The number of rotatable bonds is 5. The van der Waals surface area contributed by atoms with E-state index in [-0.39, 0.29) is 5.41 Å². The van der Waals surface area contributed by atoms with Crippen LogP contribution in [-0.4, -0.2) is 20.8 Å². The van der Waals surface area contributed by atoms with Crippen molar-refractivity contribution in [3.05, 3.63) is 28.3 Å². The zero-order valence-corrected chi connectivity index (χ0v) is 13.1. The second kappa shape index (κ2) is 6.79. The van der Waals surface area contributed by atoms with Gasteiger partial charge >= 0.3 is 0 Å². The molecule has 0 atom stereocenters. The van der Waals surface area contributed by atoms with Gasteiger partial charge in [0.1, 0.15) is 5.75 Å². The van der Waals surface area contributed by atoms with E-state index in [9.17, 15) is 0 Å². The Morgan fingerprint density at radius 1 is 1.20 bits per heavy atom. The van der Waals surface area contributed by atoms with Gasteiger partial charge < -0.3 is 15.2 Å². The summed E-state index contributed by atoms with van der Waals surface area (Å²) in [4.78, 5) is 0. The van der Waals surface area contributed by atoms with E-state index in [4.69, 9.17) is 26.8 Å². The molecule has 2 rings (SSSR count). The summed E-state index contributed by atoms with van der Waals surface area (Å²) >= 11 is 6.33. The summed E-state index contributed by atoms with van der Waals surface area (Å²) in [5.41, 5.74) is 8.57. The predicted octanol–water partition coefficient (Wildman–Crippen LogP) is 3.66. The van der Waals surface area contributed by atoms with Crippen LogP contribution in [0.2, 0.25) is 5.02 Å². The molecule has 1 aliphatic rings. The smallest absolute Gasteiger partial charge is 0.137 e. The van der Waals surface area contributed by atoms with Crippen LogP contribution in [0.3, 0.4) is 0 Å². The molecule has 1 saturated carbocycles. The second-order valence-corrected chi connectivity index (χ2v) is 6.03. The summed E-state index contributed by atoms with van der Waals surface area (Å²) in [5, 5.41) is 0.653. The lowest BCUT2D eigenvalue weighted by Gasteiger charge is -2.38. The van der Waals surface area contributed by atoms with E-state index in [1.807, 2.05) is 12.1 Å². The highest BCUT2D eigenvalue weighted by Gasteiger charge is 2.35. The maximum Gasteiger partial charge on any atom is 0.137 e.